The molecule has 0 radical (unpaired) electrons. The second-order valence-electron chi connectivity index (χ2n) is 5.15. The number of carboxylic acids is 1. The summed E-state index contributed by atoms with van der Waals surface area (Å²) in [6.07, 6.45) is 1.39. The van der Waals surface area contributed by atoms with Crippen molar-refractivity contribution in [1.29, 1.82) is 0 Å². The molecule has 6 heteroatoms. The fourth-order valence-electron chi connectivity index (χ4n) is 2.57. The molecule has 6 nitrogen and oxygen atoms in total. The van der Waals surface area contributed by atoms with Crippen molar-refractivity contribution in [2.75, 3.05) is 0 Å². The number of aryl methyl sites for hydroxylation is 1. The highest BCUT2D eigenvalue weighted by molar-refractivity contribution is 5.76. The van der Waals surface area contributed by atoms with E-state index in [-0.39, 0.29) is 0 Å². The summed E-state index contributed by atoms with van der Waals surface area (Å²) in [5.41, 5.74) is 1.16. The Morgan fingerprint density at radius 3 is 2.52 bits per heavy atom. The van der Waals surface area contributed by atoms with Crippen molar-refractivity contribution in [2.24, 2.45) is 0 Å². The zero-order chi connectivity index (χ0) is 15.5. The minimum absolute atomic E-state index is 0.435. The minimum atomic E-state index is -1.08. The molecule has 2 rings (SSSR count). The molecule has 0 atom stereocenters. The molecule has 0 aliphatic rings. The Hall–Kier alpha value is -2.24. The molecule has 1 N–H and O–H groups in total. The van der Waals surface area contributed by atoms with Gasteiger partial charge in [0, 0.05) is 6.42 Å². The molecule has 1 heterocycles. The Morgan fingerprint density at radius 1 is 1.29 bits per heavy atom. The van der Waals surface area contributed by atoms with Crippen molar-refractivity contribution in [3.8, 4) is 0 Å². The molecule has 1 aromatic heterocycles. The number of tetrazole rings is 1. The normalized spacial score (nSPS) is 11.6. The summed E-state index contributed by atoms with van der Waals surface area (Å²) in [4.78, 5) is 11.7. The van der Waals surface area contributed by atoms with E-state index in [9.17, 15) is 9.90 Å². The molecular formula is C15H20N4O2. The van der Waals surface area contributed by atoms with Gasteiger partial charge in [0.1, 0.15) is 0 Å². The Bertz CT molecular complexity index is 632. The van der Waals surface area contributed by atoms with Crippen LogP contribution in [0.15, 0.2) is 24.3 Å². The van der Waals surface area contributed by atoms with Gasteiger partial charge in [-0.1, -0.05) is 38.1 Å². The third kappa shape index (κ3) is 2.66. The summed E-state index contributed by atoms with van der Waals surface area (Å²) in [6, 6.07) is 7.96. The van der Waals surface area contributed by atoms with Gasteiger partial charge in [0.15, 0.2) is 11.4 Å². The van der Waals surface area contributed by atoms with E-state index in [0.717, 1.165) is 11.1 Å². The third-order valence-corrected chi connectivity index (χ3v) is 4.12. The smallest absolute Gasteiger partial charge is 0.331 e. The van der Waals surface area contributed by atoms with E-state index >= 15 is 0 Å². The molecule has 2 aromatic rings. The van der Waals surface area contributed by atoms with E-state index in [0.29, 0.717) is 25.1 Å². The Balaban J connectivity index is 2.43. The molecular weight excluding hydrogens is 268 g/mol. The average molecular weight is 288 g/mol. The maximum atomic E-state index is 11.7. The molecule has 112 valence electrons. The summed E-state index contributed by atoms with van der Waals surface area (Å²) in [5, 5.41) is 21.3. The highest BCUT2D eigenvalue weighted by Gasteiger charge is 2.40. The van der Waals surface area contributed by atoms with Crippen LogP contribution in [0.25, 0.3) is 0 Å². The summed E-state index contributed by atoms with van der Waals surface area (Å²) < 4.78 is 1.47. The largest absolute Gasteiger partial charge is 0.479 e. The molecule has 0 fully saturated rings. The van der Waals surface area contributed by atoms with E-state index in [1.807, 2.05) is 45.0 Å². The number of hydrogen-bond acceptors (Lipinski definition) is 4. The van der Waals surface area contributed by atoms with E-state index < -0.39 is 11.5 Å². The van der Waals surface area contributed by atoms with Crippen LogP contribution in [0.5, 0.6) is 0 Å². The van der Waals surface area contributed by atoms with Crippen LogP contribution in [0.3, 0.4) is 0 Å². The molecule has 0 saturated heterocycles. The summed E-state index contributed by atoms with van der Waals surface area (Å²) in [6.45, 7) is 5.71. The standard InChI is InChI=1S/C15H20N4O2/c1-4-15(5-2,14(20)21)19-13(16-17-18-19)10-12-9-7-6-8-11(12)3/h6-9H,4-5,10H2,1-3H3,(H,20,21). The first-order valence-electron chi connectivity index (χ1n) is 7.10. The number of rotatable bonds is 6. The fraction of sp³-hybridized carbons (Fsp3) is 0.467. The van der Waals surface area contributed by atoms with Gasteiger partial charge in [-0.2, -0.15) is 0 Å². The molecule has 0 spiro atoms. The summed E-state index contributed by atoms with van der Waals surface area (Å²) in [7, 11) is 0. The highest BCUT2D eigenvalue weighted by Crippen LogP contribution is 2.26. The van der Waals surface area contributed by atoms with Crippen LogP contribution in [0.1, 0.15) is 43.6 Å². The van der Waals surface area contributed by atoms with Crippen LogP contribution in [0.4, 0.5) is 0 Å². The Morgan fingerprint density at radius 2 is 1.95 bits per heavy atom. The van der Waals surface area contributed by atoms with Gasteiger partial charge < -0.3 is 5.11 Å². The minimum Gasteiger partial charge on any atom is -0.479 e. The predicted octanol–water partition coefficient (Wildman–Crippen LogP) is 2.17. The first kappa shape index (κ1) is 15.2. The Labute approximate surface area is 123 Å². The second-order valence-corrected chi connectivity index (χ2v) is 5.15. The van der Waals surface area contributed by atoms with Crippen LogP contribution < -0.4 is 0 Å². The quantitative estimate of drug-likeness (QED) is 0.881. The van der Waals surface area contributed by atoms with Crippen LogP contribution >= 0.6 is 0 Å². The van der Waals surface area contributed by atoms with E-state index in [1.165, 1.54) is 4.68 Å². The van der Waals surface area contributed by atoms with E-state index in [2.05, 4.69) is 15.5 Å². The van der Waals surface area contributed by atoms with Crippen molar-refractivity contribution in [3.05, 3.63) is 41.2 Å². The fourth-order valence-corrected chi connectivity index (χ4v) is 2.57. The van der Waals surface area contributed by atoms with Crippen molar-refractivity contribution in [2.45, 2.75) is 45.6 Å². The summed E-state index contributed by atoms with van der Waals surface area (Å²) >= 11 is 0. The monoisotopic (exact) mass is 288 g/mol. The molecule has 0 saturated carbocycles. The van der Waals surface area contributed by atoms with Crippen LogP contribution in [0, 0.1) is 6.92 Å². The lowest BCUT2D eigenvalue weighted by molar-refractivity contribution is -0.148. The number of carboxylic acid groups (broad SMARTS) is 1. The van der Waals surface area contributed by atoms with Crippen molar-refractivity contribution in [3.63, 3.8) is 0 Å². The predicted molar refractivity (Wildman–Crippen MR) is 78.0 cm³/mol. The molecule has 1 aromatic carbocycles. The SMILES string of the molecule is CCC(CC)(C(=O)O)n1nnnc1Cc1ccccc1C. The molecule has 21 heavy (non-hydrogen) atoms. The van der Waals surface area contributed by atoms with Crippen LogP contribution in [0.2, 0.25) is 0 Å². The Kier molecular flexibility index (Phi) is 4.35. The lowest BCUT2D eigenvalue weighted by Gasteiger charge is -2.27. The molecule has 0 bridgehead atoms. The molecule has 0 unspecified atom stereocenters. The lowest BCUT2D eigenvalue weighted by Crippen LogP contribution is -2.42. The van der Waals surface area contributed by atoms with E-state index in [1.54, 1.807) is 0 Å². The number of nitrogens with zero attached hydrogens (tertiary/aromatic N) is 4. The van der Waals surface area contributed by atoms with Gasteiger partial charge in [-0.05, 0) is 41.3 Å². The number of aliphatic carboxylic acids is 1. The topological polar surface area (TPSA) is 80.9 Å². The molecule has 0 aliphatic heterocycles. The van der Waals surface area contributed by atoms with Gasteiger partial charge in [0.25, 0.3) is 0 Å². The number of aromatic nitrogens is 4. The summed E-state index contributed by atoms with van der Waals surface area (Å²) in [5.74, 6) is -0.318. The zero-order valence-electron chi connectivity index (χ0n) is 12.6. The van der Waals surface area contributed by atoms with Gasteiger partial charge in [0.2, 0.25) is 0 Å². The van der Waals surface area contributed by atoms with Crippen LogP contribution in [-0.2, 0) is 16.8 Å². The van der Waals surface area contributed by atoms with Gasteiger partial charge in [0.05, 0.1) is 0 Å². The van der Waals surface area contributed by atoms with Crippen molar-refractivity contribution < 1.29 is 9.90 Å². The lowest BCUT2D eigenvalue weighted by atomic mass is 9.92. The first-order valence-corrected chi connectivity index (χ1v) is 7.10. The maximum Gasteiger partial charge on any atom is 0.331 e. The zero-order valence-corrected chi connectivity index (χ0v) is 12.6. The second kappa shape index (κ2) is 6.03. The molecule has 0 aliphatic carbocycles. The average Bonchev–Trinajstić information content (AvgIpc) is 2.92. The number of carbonyl (C=O) groups is 1. The maximum absolute atomic E-state index is 11.7. The van der Waals surface area contributed by atoms with Crippen molar-refractivity contribution in [1.82, 2.24) is 20.2 Å². The van der Waals surface area contributed by atoms with Gasteiger partial charge in [-0.15, -0.1) is 5.10 Å². The van der Waals surface area contributed by atoms with Gasteiger partial charge in [-0.3, -0.25) is 0 Å². The first-order chi connectivity index (χ1) is 10.0. The highest BCUT2D eigenvalue weighted by atomic mass is 16.4. The molecule has 0 amide bonds. The van der Waals surface area contributed by atoms with Gasteiger partial charge in [-0.25, -0.2) is 9.48 Å². The number of hydrogen-bond donors (Lipinski definition) is 1. The van der Waals surface area contributed by atoms with Gasteiger partial charge >= 0.3 is 5.97 Å². The van der Waals surface area contributed by atoms with Crippen LogP contribution in [-0.4, -0.2) is 31.3 Å². The number of benzene rings is 1. The van der Waals surface area contributed by atoms with Crippen molar-refractivity contribution >= 4 is 5.97 Å². The van der Waals surface area contributed by atoms with E-state index in [4.69, 9.17) is 0 Å². The third-order valence-electron chi connectivity index (χ3n) is 4.12.